The molecule has 0 heterocycles. The Labute approximate surface area is 115 Å². The van der Waals surface area contributed by atoms with Gasteiger partial charge in [-0.3, -0.25) is 4.79 Å². The largest absolute Gasteiger partial charge is 0.484 e. The zero-order valence-corrected chi connectivity index (χ0v) is 11.8. The molecule has 0 bridgehead atoms. The van der Waals surface area contributed by atoms with E-state index >= 15 is 0 Å². The Morgan fingerprint density at radius 1 is 1.26 bits per heavy atom. The van der Waals surface area contributed by atoms with Crippen molar-refractivity contribution < 1.29 is 9.53 Å². The Kier molecular flexibility index (Phi) is 6.97. The Bertz CT molecular complexity index is 374. The molecule has 0 saturated heterocycles. The molecule has 0 aliphatic heterocycles. The molecule has 0 saturated carbocycles. The maximum absolute atomic E-state index is 11.5. The summed E-state index contributed by atoms with van der Waals surface area (Å²) in [5, 5.41) is 2.80. The first-order valence-electron chi connectivity index (χ1n) is 6.83. The maximum atomic E-state index is 11.5. The lowest BCUT2D eigenvalue weighted by Crippen LogP contribution is -2.29. The molecular weight excluding hydrogens is 240 g/mol. The standard InChI is InChI=1S/C15H24N2O2/c1-12(2)13-5-7-14(8-6-13)19-11-15(18)17-10-4-3-9-16/h5-8,12H,3-4,9-11,16H2,1-2H3,(H,17,18). The predicted octanol–water partition coefficient (Wildman–Crippen LogP) is 2.04. The van der Waals surface area contributed by atoms with Gasteiger partial charge in [-0.25, -0.2) is 0 Å². The van der Waals surface area contributed by atoms with Crippen molar-refractivity contribution in [3.8, 4) is 5.75 Å². The molecule has 4 heteroatoms. The van der Waals surface area contributed by atoms with Gasteiger partial charge in [0.05, 0.1) is 0 Å². The van der Waals surface area contributed by atoms with Gasteiger partial charge in [0, 0.05) is 6.54 Å². The summed E-state index contributed by atoms with van der Waals surface area (Å²) in [5.41, 5.74) is 6.64. The zero-order valence-electron chi connectivity index (χ0n) is 11.8. The molecule has 1 aromatic carbocycles. The van der Waals surface area contributed by atoms with Gasteiger partial charge in [-0.1, -0.05) is 26.0 Å². The molecular formula is C15H24N2O2. The molecule has 4 nitrogen and oxygen atoms in total. The summed E-state index contributed by atoms with van der Waals surface area (Å²) >= 11 is 0. The third-order valence-corrected chi connectivity index (χ3v) is 2.87. The van der Waals surface area contributed by atoms with Crippen LogP contribution in [0.1, 0.15) is 38.2 Å². The first-order valence-corrected chi connectivity index (χ1v) is 6.83. The zero-order chi connectivity index (χ0) is 14.1. The number of hydrogen-bond donors (Lipinski definition) is 2. The Morgan fingerprint density at radius 3 is 2.53 bits per heavy atom. The van der Waals surface area contributed by atoms with Crippen molar-refractivity contribution in [2.24, 2.45) is 5.73 Å². The van der Waals surface area contributed by atoms with Crippen LogP contribution in [0.3, 0.4) is 0 Å². The van der Waals surface area contributed by atoms with Crippen molar-refractivity contribution in [2.45, 2.75) is 32.6 Å². The summed E-state index contributed by atoms with van der Waals surface area (Å²) in [6.07, 6.45) is 1.84. The SMILES string of the molecule is CC(C)c1ccc(OCC(=O)NCCCCN)cc1. The van der Waals surface area contributed by atoms with Crippen molar-refractivity contribution in [3.05, 3.63) is 29.8 Å². The second-order valence-corrected chi connectivity index (χ2v) is 4.86. The molecule has 106 valence electrons. The highest BCUT2D eigenvalue weighted by Crippen LogP contribution is 2.18. The molecule has 1 aromatic rings. The molecule has 0 unspecified atom stereocenters. The number of nitrogens with one attached hydrogen (secondary N) is 1. The van der Waals surface area contributed by atoms with E-state index in [0.717, 1.165) is 18.6 Å². The van der Waals surface area contributed by atoms with Crippen molar-refractivity contribution in [1.82, 2.24) is 5.32 Å². The van der Waals surface area contributed by atoms with E-state index in [4.69, 9.17) is 10.5 Å². The molecule has 0 fully saturated rings. The van der Waals surface area contributed by atoms with Crippen molar-refractivity contribution in [2.75, 3.05) is 19.7 Å². The van der Waals surface area contributed by atoms with Crippen LogP contribution in [-0.4, -0.2) is 25.6 Å². The fourth-order valence-electron chi connectivity index (χ4n) is 1.65. The van der Waals surface area contributed by atoms with Gasteiger partial charge >= 0.3 is 0 Å². The fourth-order valence-corrected chi connectivity index (χ4v) is 1.65. The predicted molar refractivity (Wildman–Crippen MR) is 77.3 cm³/mol. The number of unbranched alkanes of at least 4 members (excludes halogenated alkanes) is 1. The van der Waals surface area contributed by atoms with Crippen LogP contribution in [0, 0.1) is 0 Å². The highest BCUT2D eigenvalue weighted by atomic mass is 16.5. The molecule has 0 spiro atoms. The van der Waals surface area contributed by atoms with E-state index in [2.05, 4.69) is 19.2 Å². The van der Waals surface area contributed by atoms with Crippen LogP contribution in [0.4, 0.5) is 0 Å². The smallest absolute Gasteiger partial charge is 0.257 e. The monoisotopic (exact) mass is 264 g/mol. The van der Waals surface area contributed by atoms with Gasteiger partial charge < -0.3 is 15.8 Å². The van der Waals surface area contributed by atoms with Crippen LogP contribution in [0.2, 0.25) is 0 Å². The molecule has 1 amide bonds. The lowest BCUT2D eigenvalue weighted by molar-refractivity contribution is -0.123. The molecule has 0 radical (unpaired) electrons. The van der Waals surface area contributed by atoms with Crippen LogP contribution in [0.15, 0.2) is 24.3 Å². The fraction of sp³-hybridized carbons (Fsp3) is 0.533. The minimum atomic E-state index is -0.0926. The van der Waals surface area contributed by atoms with Gasteiger partial charge in [0.15, 0.2) is 6.61 Å². The average Bonchev–Trinajstić information content (AvgIpc) is 2.42. The quantitative estimate of drug-likeness (QED) is 0.706. The summed E-state index contributed by atoms with van der Waals surface area (Å²) in [6.45, 7) is 5.67. The van der Waals surface area contributed by atoms with E-state index in [9.17, 15) is 4.79 Å². The van der Waals surface area contributed by atoms with Gasteiger partial charge in [0.2, 0.25) is 0 Å². The van der Waals surface area contributed by atoms with Crippen molar-refractivity contribution >= 4 is 5.91 Å². The molecule has 0 aromatic heterocycles. The van der Waals surface area contributed by atoms with E-state index in [1.54, 1.807) is 0 Å². The van der Waals surface area contributed by atoms with Crippen LogP contribution in [0.5, 0.6) is 5.75 Å². The molecule has 1 rings (SSSR count). The molecule has 19 heavy (non-hydrogen) atoms. The summed E-state index contributed by atoms with van der Waals surface area (Å²) in [7, 11) is 0. The Hall–Kier alpha value is -1.55. The van der Waals surface area contributed by atoms with Crippen LogP contribution >= 0.6 is 0 Å². The number of hydrogen-bond acceptors (Lipinski definition) is 3. The van der Waals surface area contributed by atoms with E-state index in [0.29, 0.717) is 19.0 Å². The van der Waals surface area contributed by atoms with E-state index in [-0.39, 0.29) is 12.5 Å². The number of benzene rings is 1. The van der Waals surface area contributed by atoms with Gasteiger partial charge in [0.25, 0.3) is 5.91 Å². The first kappa shape index (κ1) is 15.5. The Morgan fingerprint density at radius 2 is 1.95 bits per heavy atom. The summed E-state index contributed by atoms with van der Waals surface area (Å²) in [4.78, 5) is 11.5. The number of nitrogens with two attached hydrogens (primary N) is 1. The number of amides is 1. The first-order chi connectivity index (χ1) is 9.13. The molecule has 0 atom stereocenters. The maximum Gasteiger partial charge on any atom is 0.257 e. The summed E-state index contributed by atoms with van der Waals surface area (Å²) < 4.78 is 5.42. The second kappa shape index (κ2) is 8.53. The van der Waals surface area contributed by atoms with Crippen LogP contribution in [-0.2, 0) is 4.79 Å². The molecule has 0 aliphatic rings. The topological polar surface area (TPSA) is 64.3 Å². The number of ether oxygens (including phenoxy) is 1. The molecule has 0 aliphatic carbocycles. The van der Waals surface area contributed by atoms with Crippen molar-refractivity contribution in [3.63, 3.8) is 0 Å². The highest BCUT2D eigenvalue weighted by molar-refractivity contribution is 5.77. The summed E-state index contributed by atoms with van der Waals surface area (Å²) in [6, 6.07) is 7.85. The van der Waals surface area contributed by atoms with Crippen molar-refractivity contribution in [1.29, 1.82) is 0 Å². The van der Waals surface area contributed by atoms with Gasteiger partial charge in [-0.05, 0) is 43.0 Å². The minimum absolute atomic E-state index is 0.0592. The van der Waals surface area contributed by atoms with E-state index in [1.165, 1.54) is 5.56 Å². The van der Waals surface area contributed by atoms with Gasteiger partial charge in [-0.2, -0.15) is 0 Å². The number of rotatable bonds is 8. The third-order valence-electron chi connectivity index (χ3n) is 2.87. The van der Waals surface area contributed by atoms with Crippen LogP contribution in [0.25, 0.3) is 0 Å². The number of carbonyl (C=O) groups excluding carboxylic acids is 1. The lowest BCUT2D eigenvalue weighted by atomic mass is 10.0. The lowest BCUT2D eigenvalue weighted by Gasteiger charge is -2.09. The Balaban J connectivity index is 2.26. The summed E-state index contributed by atoms with van der Waals surface area (Å²) in [5.74, 6) is 1.13. The van der Waals surface area contributed by atoms with E-state index in [1.807, 2.05) is 24.3 Å². The van der Waals surface area contributed by atoms with Crippen LogP contribution < -0.4 is 15.8 Å². The average molecular weight is 264 g/mol. The highest BCUT2D eigenvalue weighted by Gasteiger charge is 2.03. The van der Waals surface area contributed by atoms with E-state index < -0.39 is 0 Å². The third kappa shape index (κ3) is 6.25. The molecule has 3 N–H and O–H groups in total. The normalized spacial score (nSPS) is 10.5. The van der Waals surface area contributed by atoms with Gasteiger partial charge in [0.1, 0.15) is 5.75 Å². The second-order valence-electron chi connectivity index (χ2n) is 4.86. The minimum Gasteiger partial charge on any atom is -0.484 e. The van der Waals surface area contributed by atoms with Gasteiger partial charge in [-0.15, -0.1) is 0 Å². The number of carbonyl (C=O) groups is 1.